The Bertz CT molecular complexity index is 641. The van der Waals surface area contributed by atoms with Crippen LogP contribution in [0.3, 0.4) is 0 Å². The Labute approximate surface area is 147 Å². The molecule has 0 saturated carbocycles. The lowest BCUT2D eigenvalue weighted by atomic mass is 10.1. The van der Waals surface area contributed by atoms with Crippen molar-refractivity contribution in [1.29, 1.82) is 0 Å². The van der Waals surface area contributed by atoms with Gasteiger partial charge in [-0.25, -0.2) is 0 Å². The van der Waals surface area contributed by atoms with Crippen molar-refractivity contribution in [3.63, 3.8) is 0 Å². The second kappa shape index (κ2) is 8.00. The summed E-state index contributed by atoms with van der Waals surface area (Å²) in [6.07, 6.45) is 0.134. The quantitative estimate of drug-likeness (QED) is 0.728. The van der Waals surface area contributed by atoms with E-state index in [-0.39, 0.29) is 30.8 Å². The van der Waals surface area contributed by atoms with Crippen LogP contribution in [0.25, 0.3) is 0 Å². The molecule has 1 aromatic carbocycles. The minimum absolute atomic E-state index is 0.106. The van der Waals surface area contributed by atoms with Crippen molar-refractivity contribution in [2.75, 3.05) is 32.2 Å². The average Bonchev–Trinajstić information content (AvgIpc) is 3.00. The molecular formula is C18H24N2O5. The first-order valence-electron chi connectivity index (χ1n) is 8.19. The molecule has 0 N–H and O–H groups in total. The molecule has 25 heavy (non-hydrogen) atoms. The van der Waals surface area contributed by atoms with Gasteiger partial charge in [-0.1, -0.05) is 0 Å². The zero-order valence-electron chi connectivity index (χ0n) is 15.0. The normalized spacial score (nSPS) is 16.9. The van der Waals surface area contributed by atoms with Crippen molar-refractivity contribution in [2.24, 2.45) is 5.92 Å². The van der Waals surface area contributed by atoms with Crippen LogP contribution >= 0.6 is 0 Å². The van der Waals surface area contributed by atoms with Crippen LogP contribution in [0.1, 0.15) is 20.3 Å². The highest BCUT2D eigenvalue weighted by atomic mass is 16.5. The lowest BCUT2D eigenvalue weighted by Gasteiger charge is -2.28. The number of methoxy groups -OCH3 is 2. The summed E-state index contributed by atoms with van der Waals surface area (Å²) < 4.78 is 9.77. The largest absolute Gasteiger partial charge is 0.497 e. The summed E-state index contributed by atoms with van der Waals surface area (Å²) in [5, 5.41) is 0. The fraction of sp³-hybridized carbons (Fsp3) is 0.500. The lowest BCUT2D eigenvalue weighted by Crippen LogP contribution is -2.44. The van der Waals surface area contributed by atoms with E-state index in [0.717, 1.165) is 5.69 Å². The van der Waals surface area contributed by atoms with Gasteiger partial charge < -0.3 is 19.3 Å². The Morgan fingerprint density at radius 3 is 2.40 bits per heavy atom. The van der Waals surface area contributed by atoms with Crippen molar-refractivity contribution in [1.82, 2.24) is 4.90 Å². The van der Waals surface area contributed by atoms with Crippen LogP contribution in [0.15, 0.2) is 24.3 Å². The number of ether oxygens (including phenoxy) is 2. The Morgan fingerprint density at radius 2 is 1.88 bits per heavy atom. The first-order chi connectivity index (χ1) is 11.9. The SMILES string of the molecule is COC(=O)CN(C(=O)C1CC(=O)N(c2ccc(OC)cc2)C1)C(C)C. The highest BCUT2D eigenvalue weighted by molar-refractivity contribution is 6.00. The van der Waals surface area contributed by atoms with E-state index in [2.05, 4.69) is 4.74 Å². The van der Waals surface area contributed by atoms with E-state index in [4.69, 9.17) is 4.74 Å². The van der Waals surface area contributed by atoms with E-state index >= 15 is 0 Å². The number of amides is 2. The van der Waals surface area contributed by atoms with Crippen molar-refractivity contribution in [3.8, 4) is 5.75 Å². The lowest BCUT2D eigenvalue weighted by molar-refractivity contribution is -0.149. The third kappa shape index (κ3) is 4.29. The van der Waals surface area contributed by atoms with E-state index in [1.807, 2.05) is 13.8 Å². The molecule has 0 aromatic heterocycles. The summed E-state index contributed by atoms with van der Waals surface area (Å²) in [4.78, 5) is 39.7. The first-order valence-corrected chi connectivity index (χ1v) is 8.19. The van der Waals surface area contributed by atoms with Crippen LogP contribution < -0.4 is 9.64 Å². The number of anilines is 1. The summed E-state index contributed by atoms with van der Waals surface area (Å²) in [6.45, 7) is 3.85. The highest BCUT2D eigenvalue weighted by Crippen LogP contribution is 2.28. The van der Waals surface area contributed by atoms with E-state index in [1.165, 1.54) is 12.0 Å². The monoisotopic (exact) mass is 348 g/mol. The summed E-state index contributed by atoms with van der Waals surface area (Å²) in [5.74, 6) is -0.554. The zero-order chi connectivity index (χ0) is 18.6. The van der Waals surface area contributed by atoms with E-state index in [0.29, 0.717) is 12.3 Å². The van der Waals surface area contributed by atoms with Crippen LogP contribution in [0.2, 0.25) is 0 Å². The van der Waals surface area contributed by atoms with Gasteiger partial charge in [0.15, 0.2) is 0 Å². The van der Waals surface area contributed by atoms with Gasteiger partial charge in [-0.3, -0.25) is 14.4 Å². The summed E-state index contributed by atoms with van der Waals surface area (Å²) >= 11 is 0. The van der Waals surface area contributed by atoms with E-state index < -0.39 is 11.9 Å². The molecule has 1 aliphatic rings. The summed E-state index contributed by atoms with van der Waals surface area (Å²) in [6, 6.07) is 6.97. The van der Waals surface area contributed by atoms with Gasteiger partial charge in [0.2, 0.25) is 11.8 Å². The second-order valence-corrected chi connectivity index (χ2v) is 6.24. The van der Waals surface area contributed by atoms with Gasteiger partial charge in [0.1, 0.15) is 12.3 Å². The molecule has 2 rings (SSSR count). The van der Waals surface area contributed by atoms with E-state index in [9.17, 15) is 14.4 Å². The van der Waals surface area contributed by atoms with Crippen LogP contribution in [0.4, 0.5) is 5.69 Å². The highest BCUT2D eigenvalue weighted by Gasteiger charge is 2.38. The van der Waals surface area contributed by atoms with Crippen LogP contribution in [-0.2, 0) is 19.1 Å². The summed E-state index contributed by atoms with van der Waals surface area (Å²) in [5.41, 5.74) is 0.727. The summed E-state index contributed by atoms with van der Waals surface area (Å²) in [7, 11) is 2.86. The Morgan fingerprint density at radius 1 is 1.24 bits per heavy atom. The van der Waals surface area contributed by atoms with Gasteiger partial charge in [0.05, 0.1) is 20.1 Å². The number of carbonyl (C=O) groups excluding carboxylic acids is 3. The number of benzene rings is 1. The predicted octanol–water partition coefficient (Wildman–Crippen LogP) is 1.46. The van der Waals surface area contributed by atoms with Gasteiger partial charge in [-0.15, -0.1) is 0 Å². The fourth-order valence-electron chi connectivity index (χ4n) is 2.84. The third-order valence-corrected chi connectivity index (χ3v) is 4.29. The molecule has 0 bridgehead atoms. The van der Waals surface area contributed by atoms with Crippen molar-refractivity contribution in [2.45, 2.75) is 26.3 Å². The Balaban J connectivity index is 2.11. The molecule has 1 aliphatic heterocycles. The minimum Gasteiger partial charge on any atom is -0.497 e. The number of nitrogens with zero attached hydrogens (tertiary/aromatic N) is 2. The maximum absolute atomic E-state index is 12.8. The molecule has 7 heteroatoms. The van der Waals surface area contributed by atoms with Crippen LogP contribution in [-0.4, -0.2) is 56.0 Å². The molecule has 1 saturated heterocycles. The Hall–Kier alpha value is -2.57. The molecule has 0 radical (unpaired) electrons. The maximum Gasteiger partial charge on any atom is 0.325 e. The maximum atomic E-state index is 12.8. The number of rotatable bonds is 6. The molecule has 0 spiro atoms. The first kappa shape index (κ1) is 18.8. The van der Waals surface area contributed by atoms with Gasteiger partial charge in [0, 0.05) is 24.7 Å². The molecule has 1 fully saturated rings. The molecular weight excluding hydrogens is 324 g/mol. The van der Waals surface area contributed by atoms with Gasteiger partial charge in [-0.2, -0.15) is 0 Å². The zero-order valence-corrected chi connectivity index (χ0v) is 15.0. The van der Waals surface area contributed by atoms with Crippen molar-refractivity contribution >= 4 is 23.5 Å². The fourth-order valence-corrected chi connectivity index (χ4v) is 2.84. The topological polar surface area (TPSA) is 76.2 Å². The van der Waals surface area contributed by atoms with Gasteiger partial charge in [-0.05, 0) is 38.1 Å². The Kier molecular flexibility index (Phi) is 6.01. The number of hydrogen-bond donors (Lipinski definition) is 0. The molecule has 1 unspecified atom stereocenters. The molecule has 1 atom stereocenters. The molecule has 0 aliphatic carbocycles. The second-order valence-electron chi connectivity index (χ2n) is 6.24. The average molecular weight is 348 g/mol. The van der Waals surface area contributed by atoms with Gasteiger partial charge in [0.25, 0.3) is 0 Å². The molecule has 1 heterocycles. The van der Waals surface area contributed by atoms with Crippen LogP contribution in [0, 0.1) is 5.92 Å². The molecule has 2 amide bonds. The number of hydrogen-bond acceptors (Lipinski definition) is 5. The number of carbonyl (C=O) groups is 3. The standard InChI is InChI=1S/C18H24N2O5/c1-12(2)19(11-17(22)25-4)18(23)13-9-16(21)20(10-13)14-5-7-15(24-3)8-6-14/h5-8,12-13H,9-11H2,1-4H3. The molecule has 136 valence electrons. The van der Waals surface area contributed by atoms with Gasteiger partial charge >= 0.3 is 5.97 Å². The molecule has 1 aromatic rings. The smallest absolute Gasteiger partial charge is 0.325 e. The molecule has 7 nitrogen and oxygen atoms in total. The van der Waals surface area contributed by atoms with Crippen molar-refractivity contribution in [3.05, 3.63) is 24.3 Å². The van der Waals surface area contributed by atoms with E-state index in [1.54, 1.807) is 36.3 Å². The third-order valence-electron chi connectivity index (χ3n) is 4.29. The minimum atomic E-state index is -0.474. The predicted molar refractivity (Wildman–Crippen MR) is 92.3 cm³/mol. The van der Waals surface area contributed by atoms with Crippen molar-refractivity contribution < 1.29 is 23.9 Å². The number of esters is 1. The van der Waals surface area contributed by atoms with Crippen LogP contribution in [0.5, 0.6) is 5.75 Å².